The molecule has 109 valence electrons. The average Bonchev–Trinajstić information content (AvgIpc) is 2.73. The standard InChI is InChI=1S/C19H13N2.Ir/c1-2-8-16-15(7-1)12-14-21(19-11-5-6-13-20-19)18-10-4-3-9-17(16)18;/h1-13H;/q-1;. The Bertz CT molecular complexity index is 812. The van der Waals surface area contributed by atoms with Crippen molar-refractivity contribution in [3.05, 3.63) is 84.7 Å². The van der Waals surface area contributed by atoms with Crippen LogP contribution < -0.4 is 4.90 Å². The van der Waals surface area contributed by atoms with Gasteiger partial charge in [-0.25, -0.2) is 0 Å². The van der Waals surface area contributed by atoms with Gasteiger partial charge < -0.3 is 4.90 Å². The molecule has 0 atom stereocenters. The molecule has 0 N–H and O–H groups in total. The normalized spacial score (nSPS) is 11.9. The minimum absolute atomic E-state index is 0. The molecule has 3 aromatic rings. The van der Waals surface area contributed by atoms with Gasteiger partial charge in [-0.15, -0.1) is 6.08 Å². The largest absolute Gasteiger partial charge is 0.421 e. The number of benzene rings is 2. The summed E-state index contributed by atoms with van der Waals surface area (Å²) < 4.78 is 0. The summed E-state index contributed by atoms with van der Waals surface area (Å²) in [5.74, 6) is 0.869. The first-order valence-corrected chi connectivity index (χ1v) is 6.92. The maximum absolute atomic E-state index is 4.45. The van der Waals surface area contributed by atoms with Gasteiger partial charge in [0.05, 0.1) is 5.82 Å². The van der Waals surface area contributed by atoms with Gasteiger partial charge in [-0.05, 0) is 17.3 Å². The zero-order valence-electron chi connectivity index (χ0n) is 11.7. The van der Waals surface area contributed by atoms with E-state index in [4.69, 9.17) is 0 Å². The van der Waals surface area contributed by atoms with Crippen molar-refractivity contribution >= 4 is 17.6 Å². The summed E-state index contributed by atoms with van der Waals surface area (Å²) in [6.07, 6.45) is 7.18. The number of nitrogens with zero attached hydrogens (tertiary/aromatic N) is 2. The third kappa shape index (κ3) is 2.50. The summed E-state index contributed by atoms with van der Waals surface area (Å²) in [6, 6.07) is 22.6. The maximum atomic E-state index is 4.45. The number of anilines is 2. The fraction of sp³-hybridized carbons (Fsp3) is 0. The van der Waals surface area contributed by atoms with Crippen LogP contribution in [0.25, 0.3) is 17.2 Å². The second-order valence-electron chi connectivity index (χ2n) is 4.90. The summed E-state index contributed by atoms with van der Waals surface area (Å²) in [4.78, 5) is 6.46. The van der Waals surface area contributed by atoms with Crippen molar-refractivity contribution < 1.29 is 20.1 Å². The van der Waals surface area contributed by atoms with E-state index in [1.165, 1.54) is 16.7 Å². The Morgan fingerprint density at radius 2 is 1.50 bits per heavy atom. The molecule has 3 heteroatoms. The Balaban J connectivity index is 0.00000144. The predicted molar refractivity (Wildman–Crippen MR) is 86.0 cm³/mol. The van der Waals surface area contributed by atoms with Crippen LogP contribution in [0.5, 0.6) is 0 Å². The molecule has 0 aliphatic carbocycles. The van der Waals surface area contributed by atoms with E-state index in [1.54, 1.807) is 6.20 Å². The molecule has 0 saturated heterocycles. The van der Waals surface area contributed by atoms with Crippen molar-refractivity contribution in [2.45, 2.75) is 0 Å². The Hall–Kier alpha value is -2.22. The zero-order valence-corrected chi connectivity index (χ0v) is 14.1. The van der Waals surface area contributed by atoms with Gasteiger partial charge in [0.1, 0.15) is 0 Å². The SMILES string of the molecule is [C-]1=Cc2ccccc2-c2ccccc2N1c1ccccn1.[Ir]. The van der Waals surface area contributed by atoms with Crippen molar-refractivity contribution in [2.75, 3.05) is 4.90 Å². The van der Waals surface area contributed by atoms with Gasteiger partial charge in [0.25, 0.3) is 0 Å². The van der Waals surface area contributed by atoms with E-state index >= 15 is 0 Å². The molecule has 4 rings (SSSR count). The fourth-order valence-corrected chi connectivity index (χ4v) is 2.64. The topological polar surface area (TPSA) is 16.1 Å². The van der Waals surface area contributed by atoms with Gasteiger partial charge in [0, 0.05) is 26.3 Å². The van der Waals surface area contributed by atoms with Crippen molar-refractivity contribution in [1.82, 2.24) is 4.98 Å². The van der Waals surface area contributed by atoms with Gasteiger partial charge in [0.2, 0.25) is 0 Å². The van der Waals surface area contributed by atoms with Crippen LogP contribution >= 0.6 is 0 Å². The monoisotopic (exact) mass is 462 g/mol. The van der Waals surface area contributed by atoms with E-state index in [-0.39, 0.29) is 20.1 Å². The van der Waals surface area contributed by atoms with Gasteiger partial charge in [0.15, 0.2) is 0 Å². The van der Waals surface area contributed by atoms with E-state index in [0.717, 1.165) is 11.5 Å². The van der Waals surface area contributed by atoms with Crippen LogP contribution in [0, 0.1) is 6.20 Å². The smallest absolute Gasteiger partial charge is 0.0546 e. The molecule has 2 heterocycles. The molecule has 0 unspecified atom stereocenters. The van der Waals surface area contributed by atoms with Crippen LogP contribution in [-0.4, -0.2) is 4.98 Å². The van der Waals surface area contributed by atoms with Gasteiger partial charge in [-0.2, -0.15) is 0 Å². The summed E-state index contributed by atoms with van der Waals surface area (Å²) in [5.41, 5.74) is 4.68. The third-order valence-corrected chi connectivity index (χ3v) is 3.62. The number of rotatable bonds is 1. The molecule has 2 aromatic carbocycles. The second kappa shape index (κ2) is 6.27. The molecular weight excluding hydrogens is 448 g/mol. The molecule has 1 aliphatic heterocycles. The van der Waals surface area contributed by atoms with Crippen LogP contribution in [0.2, 0.25) is 0 Å². The fourth-order valence-electron chi connectivity index (χ4n) is 2.64. The summed E-state index contributed by atoms with van der Waals surface area (Å²) >= 11 is 0. The summed E-state index contributed by atoms with van der Waals surface area (Å²) in [7, 11) is 0. The second-order valence-corrected chi connectivity index (χ2v) is 4.90. The Morgan fingerprint density at radius 1 is 0.773 bits per heavy atom. The third-order valence-electron chi connectivity index (χ3n) is 3.62. The first-order valence-electron chi connectivity index (χ1n) is 6.92. The molecule has 22 heavy (non-hydrogen) atoms. The van der Waals surface area contributed by atoms with Gasteiger partial charge >= 0.3 is 0 Å². The number of aromatic nitrogens is 1. The Kier molecular flexibility index (Phi) is 4.19. The molecule has 0 spiro atoms. The van der Waals surface area contributed by atoms with Gasteiger partial charge in [-0.1, -0.05) is 78.0 Å². The quantitative estimate of drug-likeness (QED) is 0.490. The van der Waals surface area contributed by atoms with Crippen LogP contribution in [0.15, 0.2) is 72.9 Å². The number of hydrogen-bond donors (Lipinski definition) is 0. The summed E-state index contributed by atoms with van der Waals surface area (Å²) in [5, 5.41) is 0. The first kappa shape index (κ1) is 14.7. The minimum Gasteiger partial charge on any atom is -0.421 e. The molecule has 0 fully saturated rings. The molecule has 0 amide bonds. The van der Waals surface area contributed by atoms with E-state index in [9.17, 15) is 0 Å². The molecular formula is C19H13IrN2-. The number of hydrogen-bond acceptors (Lipinski definition) is 2. The van der Waals surface area contributed by atoms with Crippen LogP contribution in [-0.2, 0) is 20.1 Å². The number of para-hydroxylation sites is 1. The minimum atomic E-state index is 0. The molecule has 1 radical (unpaired) electrons. The van der Waals surface area contributed by atoms with Crippen LogP contribution in [0.3, 0.4) is 0 Å². The molecule has 0 bridgehead atoms. The van der Waals surface area contributed by atoms with E-state index < -0.39 is 0 Å². The Labute approximate surface area is 143 Å². The Morgan fingerprint density at radius 3 is 2.32 bits per heavy atom. The maximum Gasteiger partial charge on any atom is 0.0546 e. The zero-order chi connectivity index (χ0) is 14.1. The molecule has 1 aromatic heterocycles. The van der Waals surface area contributed by atoms with Crippen LogP contribution in [0.4, 0.5) is 11.5 Å². The van der Waals surface area contributed by atoms with Crippen molar-refractivity contribution in [1.29, 1.82) is 0 Å². The molecule has 2 nitrogen and oxygen atoms in total. The van der Waals surface area contributed by atoms with E-state index in [0.29, 0.717) is 0 Å². The average molecular weight is 462 g/mol. The van der Waals surface area contributed by atoms with E-state index in [2.05, 4.69) is 53.6 Å². The van der Waals surface area contributed by atoms with E-state index in [1.807, 2.05) is 35.2 Å². The van der Waals surface area contributed by atoms with Crippen molar-refractivity contribution in [2.24, 2.45) is 0 Å². The van der Waals surface area contributed by atoms with Crippen molar-refractivity contribution in [3.63, 3.8) is 0 Å². The van der Waals surface area contributed by atoms with Crippen molar-refractivity contribution in [3.8, 4) is 11.1 Å². The molecule has 1 aliphatic rings. The number of pyridine rings is 1. The van der Waals surface area contributed by atoms with Crippen LogP contribution in [0.1, 0.15) is 5.56 Å². The summed E-state index contributed by atoms with van der Waals surface area (Å²) in [6.45, 7) is 0. The number of fused-ring (bicyclic) bond motifs is 3. The van der Waals surface area contributed by atoms with Gasteiger partial charge in [-0.3, -0.25) is 4.98 Å². The predicted octanol–water partition coefficient (Wildman–Crippen LogP) is 4.67. The molecule has 0 saturated carbocycles. The first-order chi connectivity index (χ1) is 10.4.